The van der Waals surface area contributed by atoms with E-state index in [1.54, 1.807) is 0 Å². The van der Waals surface area contributed by atoms with E-state index < -0.39 is 6.23 Å². The van der Waals surface area contributed by atoms with E-state index >= 15 is 0 Å². The lowest BCUT2D eigenvalue weighted by Crippen LogP contribution is -2.19. The van der Waals surface area contributed by atoms with E-state index in [9.17, 15) is 5.11 Å². The fraction of sp³-hybridized carbons (Fsp3) is 0.333. The Labute approximate surface area is 71.9 Å². The molecule has 3 heteroatoms. The van der Waals surface area contributed by atoms with Crippen molar-refractivity contribution in [3.05, 3.63) is 35.4 Å². The molecule has 0 radical (unpaired) electrons. The molecule has 1 rings (SSSR count). The monoisotopic (exact) mass is 167 g/mol. The maximum absolute atomic E-state index is 9.41. The second-order valence-corrected chi connectivity index (χ2v) is 2.64. The van der Waals surface area contributed by atoms with Crippen molar-refractivity contribution in [3.8, 4) is 0 Å². The number of hydrogen-bond donors (Lipinski definition) is 2. The van der Waals surface area contributed by atoms with Gasteiger partial charge in [0.05, 0.1) is 7.11 Å². The molecule has 0 saturated carbocycles. The molecular weight excluding hydrogens is 154 g/mol. The zero-order chi connectivity index (χ0) is 8.97. The van der Waals surface area contributed by atoms with Crippen molar-refractivity contribution in [1.29, 1.82) is 0 Å². The molecule has 0 amide bonds. The number of rotatable bonds is 3. The van der Waals surface area contributed by atoms with Gasteiger partial charge in [0.2, 0.25) is 0 Å². The molecule has 12 heavy (non-hydrogen) atoms. The predicted molar refractivity (Wildman–Crippen MR) is 46.3 cm³/mol. The molecule has 0 spiro atoms. The van der Waals surface area contributed by atoms with Gasteiger partial charge in [-0.05, 0) is 12.5 Å². The number of aliphatic hydroxyl groups excluding tert-OH is 1. The van der Waals surface area contributed by atoms with Crippen molar-refractivity contribution < 1.29 is 9.94 Å². The molecule has 0 aliphatic heterocycles. The molecule has 0 aromatic heterocycles. The third-order valence-corrected chi connectivity index (χ3v) is 1.59. The van der Waals surface area contributed by atoms with E-state index in [1.807, 2.05) is 31.2 Å². The molecule has 1 aromatic carbocycles. The SMILES string of the molecule is CONC(O)c1cccc(C)c1. The number of hydroxylamine groups is 1. The van der Waals surface area contributed by atoms with Crippen LogP contribution >= 0.6 is 0 Å². The van der Waals surface area contributed by atoms with Crippen LogP contribution in [0.2, 0.25) is 0 Å². The molecule has 1 atom stereocenters. The van der Waals surface area contributed by atoms with Gasteiger partial charge in [0.1, 0.15) is 0 Å². The van der Waals surface area contributed by atoms with Gasteiger partial charge in [0.15, 0.2) is 6.23 Å². The van der Waals surface area contributed by atoms with Gasteiger partial charge < -0.3 is 9.94 Å². The van der Waals surface area contributed by atoms with Gasteiger partial charge in [0.25, 0.3) is 0 Å². The maximum Gasteiger partial charge on any atom is 0.152 e. The fourth-order valence-electron chi connectivity index (χ4n) is 1.02. The molecule has 0 bridgehead atoms. The molecule has 0 aliphatic carbocycles. The first-order chi connectivity index (χ1) is 5.74. The van der Waals surface area contributed by atoms with Gasteiger partial charge in [-0.1, -0.05) is 29.8 Å². The van der Waals surface area contributed by atoms with Crippen molar-refractivity contribution in [1.82, 2.24) is 5.48 Å². The van der Waals surface area contributed by atoms with E-state index in [4.69, 9.17) is 0 Å². The molecular formula is C9H13NO2. The van der Waals surface area contributed by atoms with Crippen molar-refractivity contribution in [3.63, 3.8) is 0 Å². The van der Waals surface area contributed by atoms with Crippen LogP contribution in [0.4, 0.5) is 0 Å². The van der Waals surface area contributed by atoms with Crippen molar-refractivity contribution in [2.45, 2.75) is 13.2 Å². The summed E-state index contributed by atoms with van der Waals surface area (Å²) >= 11 is 0. The van der Waals surface area contributed by atoms with Crippen LogP contribution in [0.25, 0.3) is 0 Å². The summed E-state index contributed by atoms with van der Waals surface area (Å²) in [5.41, 5.74) is 4.36. The lowest BCUT2D eigenvalue weighted by Gasteiger charge is -2.10. The Morgan fingerprint density at radius 3 is 2.83 bits per heavy atom. The Morgan fingerprint density at radius 1 is 1.50 bits per heavy atom. The zero-order valence-corrected chi connectivity index (χ0v) is 7.24. The maximum atomic E-state index is 9.41. The van der Waals surface area contributed by atoms with E-state index in [0.717, 1.165) is 11.1 Å². The standard InChI is InChI=1S/C9H13NO2/c1-7-4-3-5-8(6-7)9(11)10-12-2/h3-6,9-11H,1-2H3. The highest BCUT2D eigenvalue weighted by atomic mass is 16.7. The molecule has 1 aromatic rings. The Hall–Kier alpha value is -0.900. The van der Waals surface area contributed by atoms with E-state index in [1.165, 1.54) is 7.11 Å². The second-order valence-electron chi connectivity index (χ2n) is 2.64. The summed E-state index contributed by atoms with van der Waals surface area (Å²) in [4.78, 5) is 4.60. The number of aryl methyl sites for hydroxylation is 1. The Bertz CT molecular complexity index is 250. The molecule has 3 nitrogen and oxygen atoms in total. The topological polar surface area (TPSA) is 41.5 Å². The van der Waals surface area contributed by atoms with Gasteiger partial charge in [-0.15, -0.1) is 0 Å². The quantitative estimate of drug-likeness (QED) is 0.524. The summed E-state index contributed by atoms with van der Waals surface area (Å²) in [6, 6.07) is 7.61. The molecule has 2 N–H and O–H groups in total. The minimum Gasteiger partial charge on any atom is -0.372 e. The fourth-order valence-corrected chi connectivity index (χ4v) is 1.02. The van der Waals surface area contributed by atoms with Gasteiger partial charge in [-0.2, -0.15) is 5.48 Å². The van der Waals surface area contributed by atoms with Crippen LogP contribution in [-0.4, -0.2) is 12.2 Å². The van der Waals surface area contributed by atoms with Crippen LogP contribution in [0.3, 0.4) is 0 Å². The number of nitrogens with one attached hydrogen (secondary N) is 1. The molecule has 0 saturated heterocycles. The average Bonchev–Trinajstić information content (AvgIpc) is 2.05. The molecule has 1 unspecified atom stereocenters. The van der Waals surface area contributed by atoms with Crippen LogP contribution < -0.4 is 5.48 Å². The highest BCUT2D eigenvalue weighted by Gasteiger charge is 2.04. The lowest BCUT2D eigenvalue weighted by atomic mass is 10.1. The summed E-state index contributed by atoms with van der Waals surface area (Å²) in [7, 11) is 1.47. The number of aliphatic hydroxyl groups is 1. The highest BCUT2D eigenvalue weighted by molar-refractivity contribution is 5.23. The summed E-state index contributed by atoms with van der Waals surface area (Å²) < 4.78 is 0. The molecule has 0 aliphatic rings. The van der Waals surface area contributed by atoms with Crippen LogP contribution in [0.1, 0.15) is 17.4 Å². The normalized spacial score (nSPS) is 12.9. The lowest BCUT2D eigenvalue weighted by molar-refractivity contribution is -0.0320. The van der Waals surface area contributed by atoms with E-state index in [0.29, 0.717) is 0 Å². The molecule has 0 heterocycles. The Balaban J connectivity index is 2.73. The summed E-state index contributed by atoms with van der Waals surface area (Å²) in [6.07, 6.45) is -0.755. The summed E-state index contributed by atoms with van der Waals surface area (Å²) in [6.45, 7) is 1.98. The molecule has 0 fully saturated rings. The number of hydrogen-bond acceptors (Lipinski definition) is 3. The predicted octanol–water partition coefficient (Wildman–Crippen LogP) is 1.14. The van der Waals surface area contributed by atoms with Gasteiger partial charge in [0, 0.05) is 0 Å². The Morgan fingerprint density at radius 2 is 2.25 bits per heavy atom. The summed E-state index contributed by atoms with van der Waals surface area (Å²) in [5, 5.41) is 9.41. The van der Waals surface area contributed by atoms with Crippen LogP contribution in [0.15, 0.2) is 24.3 Å². The second kappa shape index (κ2) is 4.21. The van der Waals surface area contributed by atoms with Crippen LogP contribution in [-0.2, 0) is 4.84 Å². The Kier molecular flexibility index (Phi) is 3.22. The third kappa shape index (κ3) is 2.30. The largest absolute Gasteiger partial charge is 0.372 e. The van der Waals surface area contributed by atoms with Crippen molar-refractivity contribution in [2.75, 3.05) is 7.11 Å². The van der Waals surface area contributed by atoms with Gasteiger partial charge in [-0.25, -0.2) is 0 Å². The first-order valence-corrected chi connectivity index (χ1v) is 3.77. The van der Waals surface area contributed by atoms with Gasteiger partial charge in [-0.3, -0.25) is 0 Å². The van der Waals surface area contributed by atoms with Crippen LogP contribution in [0.5, 0.6) is 0 Å². The first-order valence-electron chi connectivity index (χ1n) is 3.77. The minimum absolute atomic E-state index is 0.755. The molecule has 66 valence electrons. The smallest absolute Gasteiger partial charge is 0.152 e. The highest BCUT2D eigenvalue weighted by Crippen LogP contribution is 2.10. The first kappa shape index (κ1) is 9.19. The van der Waals surface area contributed by atoms with E-state index in [-0.39, 0.29) is 0 Å². The van der Waals surface area contributed by atoms with Crippen LogP contribution in [0, 0.1) is 6.92 Å². The number of benzene rings is 1. The van der Waals surface area contributed by atoms with Crippen molar-refractivity contribution in [2.24, 2.45) is 0 Å². The van der Waals surface area contributed by atoms with E-state index in [2.05, 4.69) is 10.3 Å². The summed E-state index contributed by atoms with van der Waals surface area (Å²) in [5.74, 6) is 0. The van der Waals surface area contributed by atoms with Gasteiger partial charge >= 0.3 is 0 Å². The zero-order valence-electron chi connectivity index (χ0n) is 7.24. The third-order valence-electron chi connectivity index (χ3n) is 1.59. The van der Waals surface area contributed by atoms with Crippen molar-refractivity contribution >= 4 is 0 Å². The average molecular weight is 167 g/mol. The minimum atomic E-state index is -0.755.